The lowest BCUT2D eigenvalue weighted by molar-refractivity contribution is -0.104. The van der Waals surface area contributed by atoms with Crippen LogP contribution < -0.4 is 4.74 Å². The van der Waals surface area contributed by atoms with Gasteiger partial charge in [-0.15, -0.1) is 0 Å². The maximum absolute atomic E-state index is 10.7. The fraction of sp³-hybridized carbons (Fsp3) is 0.375. The third kappa shape index (κ3) is 6.69. The second-order valence-corrected chi connectivity index (χ2v) is 6.83. The maximum Gasteiger partial charge on any atom is 0.142 e. The van der Waals surface area contributed by atoms with Crippen molar-refractivity contribution in [1.82, 2.24) is 0 Å². The van der Waals surface area contributed by atoms with Crippen LogP contribution in [0.3, 0.4) is 0 Å². The molecule has 2 rings (SSSR count). The third-order valence-corrected chi connectivity index (χ3v) is 4.39. The second-order valence-electron chi connectivity index (χ2n) is 6.83. The Kier molecular flexibility index (Phi) is 8.79. The van der Waals surface area contributed by atoms with Crippen molar-refractivity contribution in [3.63, 3.8) is 0 Å². The summed E-state index contributed by atoms with van der Waals surface area (Å²) in [6.07, 6.45) is 6.47. The fourth-order valence-electron chi connectivity index (χ4n) is 2.88. The molecule has 0 unspecified atom stereocenters. The molecule has 3 heteroatoms. The normalized spacial score (nSPS) is 11.3. The molecule has 3 nitrogen and oxygen atoms in total. The molecule has 0 aliphatic rings. The minimum Gasteiger partial charge on any atom is -0.491 e. The molecule has 0 aromatic heterocycles. The SMILES string of the molecule is CCCCOCCOc1ccc(-c2ccc(C(C)C)c(/C=C/C=O)c2)cc1. The predicted octanol–water partition coefficient (Wildman–Crippen LogP) is 5.88. The first-order valence-corrected chi connectivity index (χ1v) is 9.72. The van der Waals surface area contributed by atoms with Gasteiger partial charge in [-0.05, 0) is 58.9 Å². The number of carbonyl (C=O) groups excluding carboxylic acids is 1. The van der Waals surface area contributed by atoms with Crippen molar-refractivity contribution in [2.24, 2.45) is 0 Å². The van der Waals surface area contributed by atoms with Gasteiger partial charge in [0.15, 0.2) is 0 Å². The molecule has 144 valence electrons. The lowest BCUT2D eigenvalue weighted by atomic mass is 9.93. The topological polar surface area (TPSA) is 35.5 Å². The van der Waals surface area contributed by atoms with Crippen LogP contribution >= 0.6 is 0 Å². The molecular formula is C24H30O3. The van der Waals surface area contributed by atoms with E-state index < -0.39 is 0 Å². The Hall–Kier alpha value is -2.39. The van der Waals surface area contributed by atoms with Crippen molar-refractivity contribution in [3.8, 4) is 16.9 Å². The molecule has 2 aromatic carbocycles. The Labute approximate surface area is 163 Å². The molecule has 0 aliphatic carbocycles. The van der Waals surface area contributed by atoms with E-state index >= 15 is 0 Å². The van der Waals surface area contributed by atoms with E-state index in [1.165, 1.54) is 5.56 Å². The van der Waals surface area contributed by atoms with Gasteiger partial charge in [0.05, 0.1) is 6.61 Å². The van der Waals surface area contributed by atoms with Crippen LogP contribution in [-0.4, -0.2) is 26.1 Å². The molecule has 0 aliphatic heterocycles. The van der Waals surface area contributed by atoms with E-state index in [0.717, 1.165) is 48.2 Å². The summed E-state index contributed by atoms with van der Waals surface area (Å²) in [5.41, 5.74) is 4.57. The molecule has 0 atom stereocenters. The number of hydrogen-bond donors (Lipinski definition) is 0. The average molecular weight is 367 g/mol. The van der Waals surface area contributed by atoms with E-state index in [4.69, 9.17) is 9.47 Å². The van der Waals surface area contributed by atoms with Gasteiger partial charge in [-0.3, -0.25) is 4.79 Å². The van der Waals surface area contributed by atoms with Gasteiger partial charge in [-0.2, -0.15) is 0 Å². The van der Waals surface area contributed by atoms with Gasteiger partial charge >= 0.3 is 0 Å². The molecule has 0 radical (unpaired) electrons. The summed E-state index contributed by atoms with van der Waals surface area (Å²) in [6, 6.07) is 14.5. The first-order valence-electron chi connectivity index (χ1n) is 9.72. The summed E-state index contributed by atoms with van der Waals surface area (Å²) in [6.45, 7) is 8.44. The van der Waals surface area contributed by atoms with E-state index in [-0.39, 0.29) is 0 Å². The monoisotopic (exact) mass is 366 g/mol. The lowest BCUT2D eigenvalue weighted by Gasteiger charge is -2.13. The Morgan fingerprint density at radius 3 is 2.37 bits per heavy atom. The molecule has 0 N–H and O–H groups in total. The van der Waals surface area contributed by atoms with Crippen molar-refractivity contribution < 1.29 is 14.3 Å². The minimum atomic E-state index is 0.403. The van der Waals surface area contributed by atoms with E-state index in [1.807, 2.05) is 18.2 Å². The number of hydrogen-bond acceptors (Lipinski definition) is 3. The number of carbonyl (C=O) groups is 1. The van der Waals surface area contributed by atoms with Crippen molar-refractivity contribution in [2.75, 3.05) is 19.8 Å². The second kappa shape index (κ2) is 11.3. The zero-order valence-electron chi connectivity index (χ0n) is 16.6. The molecule has 0 fully saturated rings. The van der Waals surface area contributed by atoms with Crippen molar-refractivity contribution in [1.29, 1.82) is 0 Å². The maximum atomic E-state index is 10.7. The van der Waals surface area contributed by atoms with E-state index in [2.05, 4.69) is 51.1 Å². The first kappa shape index (κ1) is 20.9. The zero-order chi connectivity index (χ0) is 19.5. The highest BCUT2D eigenvalue weighted by Gasteiger charge is 2.07. The fourth-order valence-corrected chi connectivity index (χ4v) is 2.88. The quantitative estimate of drug-likeness (QED) is 0.283. The standard InChI is InChI=1S/C24H30O3/c1-4-5-15-26-16-17-27-23-11-8-20(9-12-23)21-10-13-24(19(2)3)22(18-21)7-6-14-25/h6-14,18-19H,4-5,15-17H2,1-3H3/b7-6+. The van der Waals surface area contributed by atoms with E-state index in [9.17, 15) is 4.79 Å². The van der Waals surface area contributed by atoms with Crippen LogP contribution in [0.2, 0.25) is 0 Å². The molecule has 0 saturated carbocycles. The Morgan fingerprint density at radius 2 is 1.70 bits per heavy atom. The van der Waals surface area contributed by atoms with Crippen LogP contribution in [0.4, 0.5) is 0 Å². The van der Waals surface area contributed by atoms with Crippen LogP contribution in [0, 0.1) is 0 Å². The average Bonchev–Trinajstić information content (AvgIpc) is 2.69. The Bertz CT molecular complexity index is 730. The van der Waals surface area contributed by atoms with E-state index in [0.29, 0.717) is 19.1 Å². The highest BCUT2D eigenvalue weighted by Crippen LogP contribution is 2.28. The molecule has 0 heterocycles. The Balaban J connectivity index is 2.03. The van der Waals surface area contributed by atoms with Crippen LogP contribution in [0.5, 0.6) is 5.75 Å². The van der Waals surface area contributed by atoms with Gasteiger partial charge in [-0.25, -0.2) is 0 Å². The number of rotatable bonds is 11. The van der Waals surface area contributed by atoms with Crippen molar-refractivity contribution >= 4 is 12.4 Å². The number of unbranched alkanes of at least 4 members (excludes halogenated alkanes) is 1. The zero-order valence-corrected chi connectivity index (χ0v) is 16.6. The van der Waals surface area contributed by atoms with E-state index in [1.54, 1.807) is 6.08 Å². The molecule has 0 bridgehead atoms. The largest absolute Gasteiger partial charge is 0.491 e. The summed E-state index contributed by atoms with van der Waals surface area (Å²) < 4.78 is 11.2. The number of benzene rings is 2. The summed E-state index contributed by atoms with van der Waals surface area (Å²) in [5.74, 6) is 1.25. The summed E-state index contributed by atoms with van der Waals surface area (Å²) >= 11 is 0. The molecule has 0 amide bonds. The van der Waals surface area contributed by atoms with Crippen LogP contribution in [-0.2, 0) is 9.53 Å². The highest BCUT2D eigenvalue weighted by atomic mass is 16.5. The van der Waals surface area contributed by atoms with Gasteiger partial charge in [0.25, 0.3) is 0 Å². The summed E-state index contributed by atoms with van der Waals surface area (Å²) in [4.78, 5) is 10.7. The van der Waals surface area contributed by atoms with Crippen LogP contribution in [0.1, 0.15) is 50.7 Å². The molecular weight excluding hydrogens is 336 g/mol. The first-order chi connectivity index (χ1) is 13.2. The van der Waals surface area contributed by atoms with Crippen molar-refractivity contribution in [2.45, 2.75) is 39.5 Å². The number of aldehydes is 1. The summed E-state index contributed by atoms with van der Waals surface area (Å²) in [5, 5.41) is 0. The number of ether oxygens (including phenoxy) is 2. The molecule has 27 heavy (non-hydrogen) atoms. The number of allylic oxidation sites excluding steroid dienone is 1. The third-order valence-electron chi connectivity index (χ3n) is 4.39. The Morgan fingerprint density at radius 1 is 0.963 bits per heavy atom. The molecule has 2 aromatic rings. The summed E-state index contributed by atoms with van der Waals surface area (Å²) in [7, 11) is 0. The van der Waals surface area contributed by atoms with Crippen LogP contribution in [0.25, 0.3) is 17.2 Å². The van der Waals surface area contributed by atoms with Gasteiger partial charge in [0, 0.05) is 6.61 Å². The molecule has 0 spiro atoms. The lowest BCUT2D eigenvalue weighted by Crippen LogP contribution is -2.07. The predicted molar refractivity (Wildman–Crippen MR) is 112 cm³/mol. The van der Waals surface area contributed by atoms with Crippen LogP contribution in [0.15, 0.2) is 48.5 Å². The van der Waals surface area contributed by atoms with Gasteiger partial charge in [-0.1, -0.05) is 57.5 Å². The highest BCUT2D eigenvalue weighted by molar-refractivity contribution is 5.77. The van der Waals surface area contributed by atoms with Gasteiger partial charge < -0.3 is 9.47 Å². The smallest absolute Gasteiger partial charge is 0.142 e. The minimum absolute atomic E-state index is 0.403. The van der Waals surface area contributed by atoms with Gasteiger partial charge in [0.1, 0.15) is 18.6 Å². The molecule has 0 saturated heterocycles. The van der Waals surface area contributed by atoms with Gasteiger partial charge in [0.2, 0.25) is 0 Å². The van der Waals surface area contributed by atoms with Crippen molar-refractivity contribution in [3.05, 3.63) is 59.7 Å².